The molecule has 1 aliphatic heterocycles. The molecule has 0 aromatic heterocycles. The van der Waals surface area contributed by atoms with Crippen LogP contribution >= 0.6 is 9.39 Å². The second kappa shape index (κ2) is 4.47. The van der Waals surface area contributed by atoms with E-state index >= 15 is 0 Å². The minimum absolute atomic E-state index is 0.569. The Morgan fingerprint density at radius 3 is 2.19 bits per heavy atom. The number of hydrogen-bond donors (Lipinski definition) is 1. The van der Waals surface area contributed by atoms with Crippen molar-refractivity contribution >= 4 is 27.1 Å². The molecule has 2 atom stereocenters. The molecule has 1 fully saturated rings. The molecule has 1 aliphatic rings. The van der Waals surface area contributed by atoms with E-state index in [1.807, 2.05) is 0 Å². The highest BCUT2D eigenvalue weighted by molar-refractivity contribution is 7.13. The lowest BCUT2D eigenvalue weighted by Crippen LogP contribution is -2.52. The molecular formula is C9H14NO5P. The molecule has 0 saturated carbocycles. The summed E-state index contributed by atoms with van der Waals surface area (Å²) >= 11 is 0. The van der Waals surface area contributed by atoms with Crippen molar-refractivity contribution in [1.29, 1.82) is 0 Å². The molecule has 1 rings (SSSR count). The van der Waals surface area contributed by atoms with Crippen LogP contribution in [0.4, 0.5) is 0 Å². The summed E-state index contributed by atoms with van der Waals surface area (Å²) in [6.45, 7) is 4.40. The predicted molar refractivity (Wildman–Crippen MR) is 57.1 cm³/mol. The first kappa shape index (κ1) is 13.1. The van der Waals surface area contributed by atoms with Crippen molar-refractivity contribution < 1.29 is 23.9 Å². The van der Waals surface area contributed by atoms with Gasteiger partial charge in [0.1, 0.15) is 0 Å². The summed E-state index contributed by atoms with van der Waals surface area (Å²) < 4.78 is 9.67. The fourth-order valence-corrected chi connectivity index (χ4v) is 1.45. The number of nitrogens with one attached hydrogen (secondary N) is 1. The van der Waals surface area contributed by atoms with Crippen LogP contribution < -0.4 is 5.09 Å². The van der Waals surface area contributed by atoms with Crippen molar-refractivity contribution in [2.75, 3.05) is 0 Å². The Labute approximate surface area is 95.3 Å². The van der Waals surface area contributed by atoms with Gasteiger partial charge in [-0.1, -0.05) is 9.39 Å². The maximum atomic E-state index is 11.7. The molecule has 90 valence electrons. The first-order valence-electron chi connectivity index (χ1n) is 4.74. The lowest BCUT2D eigenvalue weighted by Gasteiger charge is -2.32. The topological polar surface area (TPSA) is 81.7 Å². The zero-order valence-corrected chi connectivity index (χ0v) is 10.4. The molecule has 0 aliphatic carbocycles. The number of carbonyl (C=O) groups excluding carboxylic acids is 3. The highest BCUT2D eigenvalue weighted by atomic mass is 31.0. The zero-order valence-electron chi connectivity index (χ0n) is 9.27. The van der Waals surface area contributed by atoms with E-state index in [0.717, 1.165) is 0 Å². The van der Waals surface area contributed by atoms with Gasteiger partial charge in [0.15, 0.2) is 5.78 Å². The highest BCUT2D eigenvalue weighted by Gasteiger charge is 2.48. The van der Waals surface area contributed by atoms with Crippen LogP contribution in [0.2, 0.25) is 0 Å². The lowest BCUT2D eigenvalue weighted by molar-refractivity contribution is -0.238. The Kier molecular flexibility index (Phi) is 3.65. The van der Waals surface area contributed by atoms with Gasteiger partial charge in [-0.15, -0.1) is 0 Å². The van der Waals surface area contributed by atoms with E-state index in [0.29, 0.717) is 0 Å². The number of hydrogen-bond acceptors (Lipinski definition) is 6. The third-order valence-corrected chi connectivity index (χ3v) is 2.63. The average molecular weight is 247 g/mol. The number of ether oxygens (including phenoxy) is 2. The molecular weight excluding hydrogens is 233 g/mol. The number of esters is 2. The van der Waals surface area contributed by atoms with Crippen LogP contribution in [0.15, 0.2) is 0 Å². The molecule has 1 unspecified atom stereocenters. The normalized spacial score (nSPS) is 22.2. The van der Waals surface area contributed by atoms with Crippen molar-refractivity contribution in [2.24, 2.45) is 5.92 Å². The Balaban J connectivity index is 2.87. The van der Waals surface area contributed by atoms with Crippen LogP contribution in [0.3, 0.4) is 0 Å². The third-order valence-electron chi connectivity index (χ3n) is 2.13. The minimum atomic E-state index is -1.49. The summed E-state index contributed by atoms with van der Waals surface area (Å²) in [5.41, 5.74) is 0. The Hall–Kier alpha value is -1.00. The molecule has 6 nitrogen and oxygen atoms in total. The SMILES string of the molecule is C[C@H](NP)C(=O)C1C(=O)OC(C)(C)OC1=O. The molecule has 0 aromatic carbocycles. The van der Waals surface area contributed by atoms with Gasteiger partial charge >= 0.3 is 11.9 Å². The third kappa shape index (κ3) is 2.57. The van der Waals surface area contributed by atoms with Gasteiger partial charge in [-0.05, 0) is 6.92 Å². The van der Waals surface area contributed by atoms with Gasteiger partial charge in [0.25, 0.3) is 5.79 Å². The molecule has 7 heteroatoms. The Morgan fingerprint density at radius 1 is 1.38 bits per heavy atom. The Bertz CT molecular complexity index is 321. The number of carbonyl (C=O) groups is 3. The van der Waals surface area contributed by atoms with Crippen molar-refractivity contribution in [2.45, 2.75) is 32.6 Å². The molecule has 0 radical (unpaired) electrons. The molecule has 0 bridgehead atoms. The quantitative estimate of drug-likeness (QED) is 0.421. The maximum Gasteiger partial charge on any atom is 0.331 e. The minimum Gasteiger partial charge on any atom is -0.422 e. The van der Waals surface area contributed by atoms with Gasteiger partial charge in [-0.25, -0.2) is 0 Å². The standard InChI is InChI=1S/C9H14NO5P/c1-4(10-16)6(11)5-7(12)14-9(2,3)15-8(5)13/h4-5,10H,16H2,1-3H3/t4-/m0/s1. The smallest absolute Gasteiger partial charge is 0.331 e. The molecule has 0 amide bonds. The monoisotopic (exact) mass is 247 g/mol. The molecule has 1 N–H and O–H groups in total. The van der Waals surface area contributed by atoms with E-state index in [1.165, 1.54) is 20.8 Å². The fourth-order valence-electron chi connectivity index (χ4n) is 1.28. The van der Waals surface area contributed by atoms with Gasteiger partial charge in [0.2, 0.25) is 5.92 Å². The van der Waals surface area contributed by atoms with Crippen LogP contribution in [-0.2, 0) is 23.9 Å². The van der Waals surface area contributed by atoms with E-state index in [2.05, 4.69) is 14.5 Å². The van der Waals surface area contributed by atoms with E-state index in [-0.39, 0.29) is 0 Å². The second-order valence-corrected chi connectivity index (χ2v) is 4.30. The van der Waals surface area contributed by atoms with Crippen LogP contribution in [0.1, 0.15) is 20.8 Å². The van der Waals surface area contributed by atoms with E-state index in [1.54, 1.807) is 0 Å². The van der Waals surface area contributed by atoms with Crippen LogP contribution in [-0.4, -0.2) is 29.6 Å². The second-order valence-electron chi connectivity index (χ2n) is 3.97. The van der Waals surface area contributed by atoms with Crippen molar-refractivity contribution in [3.63, 3.8) is 0 Å². The largest absolute Gasteiger partial charge is 0.422 e. The number of cyclic esters (lactones) is 2. The van der Waals surface area contributed by atoms with Gasteiger partial charge in [0, 0.05) is 13.8 Å². The summed E-state index contributed by atoms with van der Waals surface area (Å²) in [7, 11) is 2.14. The lowest BCUT2D eigenvalue weighted by atomic mass is 9.98. The van der Waals surface area contributed by atoms with Crippen molar-refractivity contribution in [3.05, 3.63) is 0 Å². The van der Waals surface area contributed by atoms with Gasteiger partial charge in [0.05, 0.1) is 6.04 Å². The molecule has 0 spiro atoms. The van der Waals surface area contributed by atoms with Crippen LogP contribution in [0.5, 0.6) is 0 Å². The summed E-state index contributed by atoms with van der Waals surface area (Å²) in [5.74, 6) is -5.09. The van der Waals surface area contributed by atoms with E-state index in [4.69, 9.17) is 9.47 Å². The Morgan fingerprint density at radius 2 is 1.81 bits per heavy atom. The zero-order chi connectivity index (χ0) is 12.5. The van der Waals surface area contributed by atoms with Gasteiger partial charge < -0.3 is 9.47 Å². The molecule has 0 aromatic rings. The first-order chi connectivity index (χ1) is 7.28. The van der Waals surface area contributed by atoms with Crippen molar-refractivity contribution in [1.82, 2.24) is 5.09 Å². The molecule has 1 saturated heterocycles. The summed E-state index contributed by atoms with van der Waals surface area (Å²) in [4.78, 5) is 34.7. The number of rotatable bonds is 3. The predicted octanol–water partition coefficient (Wildman–Crippen LogP) is -0.224. The number of Topliss-reactive ketones (excluding diaryl/α,β-unsaturated/α-hetero) is 1. The number of ketones is 1. The van der Waals surface area contributed by atoms with E-state index in [9.17, 15) is 14.4 Å². The van der Waals surface area contributed by atoms with Gasteiger partial charge in [-0.3, -0.25) is 19.5 Å². The summed E-state index contributed by atoms with van der Waals surface area (Å²) in [6, 6.07) is -0.642. The maximum absolute atomic E-state index is 11.7. The van der Waals surface area contributed by atoms with Crippen LogP contribution in [0, 0.1) is 5.92 Å². The molecule has 16 heavy (non-hydrogen) atoms. The fraction of sp³-hybridized carbons (Fsp3) is 0.667. The van der Waals surface area contributed by atoms with Gasteiger partial charge in [-0.2, -0.15) is 0 Å². The van der Waals surface area contributed by atoms with Crippen molar-refractivity contribution in [3.8, 4) is 0 Å². The average Bonchev–Trinajstić information content (AvgIpc) is 2.13. The summed E-state index contributed by atoms with van der Waals surface area (Å²) in [6.07, 6.45) is 0. The highest BCUT2D eigenvalue weighted by Crippen LogP contribution is 2.24. The van der Waals surface area contributed by atoms with Crippen LogP contribution in [0.25, 0.3) is 0 Å². The molecule has 1 heterocycles. The first-order valence-corrected chi connectivity index (χ1v) is 5.32. The van der Waals surface area contributed by atoms with E-state index < -0.39 is 35.5 Å². The summed E-state index contributed by atoms with van der Waals surface area (Å²) in [5, 5.41) is 2.58.